The van der Waals surface area contributed by atoms with Crippen LogP contribution in [-0.4, -0.2) is 18.2 Å². The van der Waals surface area contributed by atoms with Crippen molar-refractivity contribution in [3.63, 3.8) is 0 Å². The first-order chi connectivity index (χ1) is 6.65. The van der Waals surface area contributed by atoms with Gasteiger partial charge in [-0.25, -0.2) is 8.78 Å². The predicted octanol–water partition coefficient (Wildman–Crippen LogP) is 1.62. The molecule has 1 aromatic rings. The predicted molar refractivity (Wildman–Crippen MR) is 52.5 cm³/mol. The molecule has 1 rings (SSSR count). The highest BCUT2D eigenvalue weighted by Gasteiger charge is 2.10. The third-order valence-corrected chi connectivity index (χ3v) is 1.80. The van der Waals surface area contributed by atoms with Gasteiger partial charge in [-0.2, -0.15) is 12.6 Å². The number of carbonyl (C=O) groups is 1. The monoisotopic (exact) mass is 217 g/mol. The summed E-state index contributed by atoms with van der Waals surface area (Å²) in [7, 11) is 0. The maximum atomic E-state index is 13.0. The lowest BCUT2D eigenvalue weighted by Gasteiger charge is -2.03. The summed E-state index contributed by atoms with van der Waals surface area (Å²) in [6.45, 7) is 0.346. The summed E-state index contributed by atoms with van der Waals surface area (Å²) < 4.78 is 25.5. The molecule has 0 aliphatic carbocycles. The van der Waals surface area contributed by atoms with Crippen LogP contribution in [0.3, 0.4) is 0 Å². The average Bonchev–Trinajstić information content (AvgIpc) is 2.14. The van der Waals surface area contributed by atoms with E-state index in [2.05, 4.69) is 17.9 Å². The molecule has 0 unspecified atom stereocenters. The van der Waals surface area contributed by atoms with Crippen molar-refractivity contribution in [1.29, 1.82) is 0 Å². The second-order valence-electron chi connectivity index (χ2n) is 2.60. The van der Waals surface area contributed by atoms with Crippen LogP contribution in [0.4, 0.5) is 8.78 Å². The standard InChI is InChI=1S/C9H9F2NOS/c10-6-1-2-7(8(11)5-6)9(13)12-3-4-14/h1-2,5,14H,3-4H2,(H,12,13). The molecule has 0 spiro atoms. The number of amides is 1. The molecule has 0 fully saturated rings. The van der Waals surface area contributed by atoms with Crippen molar-refractivity contribution in [2.75, 3.05) is 12.3 Å². The van der Waals surface area contributed by atoms with Crippen LogP contribution in [-0.2, 0) is 0 Å². The minimum absolute atomic E-state index is 0.159. The molecule has 2 nitrogen and oxygen atoms in total. The van der Waals surface area contributed by atoms with Gasteiger partial charge in [0.25, 0.3) is 5.91 Å². The Morgan fingerprint density at radius 2 is 2.14 bits per heavy atom. The first-order valence-corrected chi connectivity index (χ1v) is 4.62. The molecule has 0 aliphatic rings. The van der Waals surface area contributed by atoms with Crippen LogP contribution in [0.5, 0.6) is 0 Å². The summed E-state index contributed by atoms with van der Waals surface area (Å²) >= 11 is 3.88. The summed E-state index contributed by atoms with van der Waals surface area (Å²) in [5, 5.41) is 2.43. The van der Waals surface area contributed by atoms with Gasteiger partial charge in [-0.15, -0.1) is 0 Å². The molecule has 5 heteroatoms. The summed E-state index contributed by atoms with van der Waals surface area (Å²) in [5.74, 6) is -1.65. The quantitative estimate of drug-likeness (QED) is 0.740. The summed E-state index contributed by atoms with van der Waals surface area (Å²) in [4.78, 5) is 11.2. The number of rotatable bonds is 3. The summed E-state index contributed by atoms with van der Waals surface area (Å²) in [6, 6.07) is 2.83. The van der Waals surface area contributed by atoms with E-state index in [4.69, 9.17) is 0 Å². The Labute approximate surface area is 85.7 Å². The highest BCUT2D eigenvalue weighted by atomic mass is 32.1. The molecule has 0 bridgehead atoms. The first kappa shape index (κ1) is 11.0. The van der Waals surface area contributed by atoms with Crippen molar-refractivity contribution in [2.24, 2.45) is 0 Å². The fourth-order valence-corrected chi connectivity index (χ4v) is 1.05. The molecule has 0 aromatic heterocycles. The fourth-order valence-electron chi connectivity index (χ4n) is 0.938. The number of nitrogens with one attached hydrogen (secondary N) is 1. The van der Waals surface area contributed by atoms with Crippen molar-refractivity contribution >= 4 is 18.5 Å². The van der Waals surface area contributed by atoms with E-state index >= 15 is 0 Å². The molecule has 1 N–H and O–H groups in total. The second-order valence-corrected chi connectivity index (χ2v) is 3.05. The van der Waals surface area contributed by atoms with Crippen LogP contribution in [0, 0.1) is 11.6 Å². The van der Waals surface area contributed by atoms with Gasteiger partial charge in [0.15, 0.2) is 0 Å². The zero-order valence-corrected chi connectivity index (χ0v) is 8.15. The highest BCUT2D eigenvalue weighted by molar-refractivity contribution is 7.80. The third-order valence-electron chi connectivity index (χ3n) is 1.57. The molecule has 1 amide bonds. The number of hydrogen-bond donors (Lipinski definition) is 2. The van der Waals surface area contributed by atoms with E-state index in [0.29, 0.717) is 18.4 Å². The van der Waals surface area contributed by atoms with Crippen LogP contribution < -0.4 is 5.32 Å². The van der Waals surface area contributed by atoms with E-state index in [1.807, 2.05) is 0 Å². The minimum atomic E-state index is -0.860. The average molecular weight is 217 g/mol. The van der Waals surface area contributed by atoms with Gasteiger partial charge >= 0.3 is 0 Å². The van der Waals surface area contributed by atoms with Crippen LogP contribution in [0.15, 0.2) is 18.2 Å². The van der Waals surface area contributed by atoms with Crippen LogP contribution in [0.25, 0.3) is 0 Å². The Morgan fingerprint density at radius 1 is 1.43 bits per heavy atom. The van der Waals surface area contributed by atoms with Crippen LogP contribution in [0.1, 0.15) is 10.4 Å². The lowest BCUT2D eigenvalue weighted by Crippen LogP contribution is -2.26. The van der Waals surface area contributed by atoms with Gasteiger partial charge < -0.3 is 5.32 Å². The SMILES string of the molecule is O=C(NCCS)c1ccc(F)cc1F. The Bertz CT molecular complexity index is 344. The van der Waals surface area contributed by atoms with Gasteiger partial charge in [0.05, 0.1) is 5.56 Å². The topological polar surface area (TPSA) is 29.1 Å². The van der Waals surface area contributed by atoms with E-state index < -0.39 is 17.5 Å². The van der Waals surface area contributed by atoms with Crippen LogP contribution in [0.2, 0.25) is 0 Å². The third kappa shape index (κ3) is 2.70. The van der Waals surface area contributed by atoms with Crippen molar-refractivity contribution in [2.45, 2.75) is 0 Å². The molecule has 14 heavy (non-hydrogen) atoms. The fraction of sp³-hybridized carbons (Fsp3) is 0.222. The molecule has 0 heterocycles. The summed E-state index contributed by atoms with van der Waals surface area (Å²) in [5.41, 5.74) is -0.159. The number of carbonyl (C=O) groups excluding carboxylic acids is 1. The first-order valence-electron chi connectivity index (χ1n) is 3.99. The van der Waals surface area contributed by atoms with Crippen molar-refractivity contribution < 1.29 is 13.6 Å². The number of halogens is 2. The molecule has 1 aromatic carbocycles. The molecular formula is C9H9F2NOS. The van der Waals surface area contributed by atoms with Gasteiger partial charge in [0, 0.05) is 18.4 Å². The van der Waals surface area contributed by atoms with Gasteiger partial charge in [-0.3, -0.25) is 4.79 Å². The Balaban J connectivity index is 2.80. The summed E-state index contributed by atoms with van der Waals surface area (Å²) in [6.07, 6.45) is 0. The van der Waals surface area contributed by atoms with Crippen LogP contribution >= 0.6 is 12.6 Å². The normalized spacial score (nSPS) is 9.93. The molecule has 0 saturated carbocycles. The molecule has 0 aliphatic heterocycles. The van der Waals surface area contributed by atoms with E-state index in [1.165, 1.54) is 0 Å². The lowest BCUT2D eigenvalue weighted by molar-refractivity contribution is 0.0952. The van der Waals surface area contributed by atoms with E-state index in [1.54, 1.807) is 0 Å². The smallest absolute Gasteiger partial charge is 0.254 e. The molecular weight excluding hydrogens is 208 g/mol. The van der Waals surface area contributed by atoms with Gasteiger partial charge in [-0.1, -0.05) is 0 Å². The van der Waals surface area contributed by atoms with Crippen molar-refractivity contribution in [1.82, 2.24) is 5.32 Å². The van der Waals surface area contributed by atoms with Gasteiger partial charge in [0.2, 0.25) is 0 Å². The Kier molecular flexibility index (Phi) is 3.88. The molecule has 76 valence electrons. The van der Waals surface area contributed by atoms with Crippen molar-refractivity contribution in [3.8, 4) is 0 Å². The van der Waals surface area contributed by atoms with E-state index in [-0.39, 0.29) is 5.56 Å². The Hall–Kier alpha value is -1.10. The van der Waals surface area contributed by atoms with E-state index in [0.717, 1.165) is 12.1 Å². The highest BCUT2D eigenvalue weighted by Crippen LogP contribution is 2.08. The Morgan fingerprint density at radius 3 is 2.71 bits per heavy atom. The van der Waals surface area contributed by atoms with Gasteiger partial charge in [-0.05, 0) is 12.1 Å². The second kappa shape index (κ2) is 4.95. The minimum Gasteiger partial charge on any atom is -0.351 e. The van der Waals surface area contributed by atoms with Gasteiger partial charge in [0.1, 0.15) is 11.6 Å². The molecule has 0 atom stereocenters. The molecule has 0 radical (unpaired) electrons. The number of benzene rings is 1. The zero-order valence-electron chi connectivity index (χ0n) is 7.26. The van der Waals surface area contributed by atoms with Crippen molar-refractivity contribution in [3.05, 3.63) is 35.4 Å². The zero-order chi connectivity index (χ0) is 10.6. The lowest BCUT2D eigenvalue weighted by atomic mass is 10.2. The maximum Gasteiger partial charge on any atom is 0.254 e. The number of thiol groups is 1. The number of hydrogen-bond acceptors (Lipinski definition) is 2. The maximum absolute atomic E-state index is 13.0. The largest absolute Gasteiger partial charge is 0.351 e. The van der Waals surface area contributed by atoms with E-state index in [9.17, 15) is 13.6 Å². The molecule has 0 saturated heterocycles.